The lowest BCUT2D eigenvalue weighted by Crippen LogP contribution is -2.15. The van der Waals surface area contributed by atoms with Crippen LogP contribution in [0.15, 0.2) is 12.3 Å². The van der Waals surface area contributed by atoms with E-state index in [1.54, 1.807) is 0 Å². The molecule has 1 fully saturated rings. The first-order valence-electron chi connectivity index (χ1n) is 5.63. The van der Waals surface area contributed by atoms with E-state index in [1.165, 1.54) is 25.3 Å². The number of rotatable bonds is 5. The molecule has 88 valence electrons. The van der Waals surface area contributed by atoms with Gasteiger partial charge >= 0.3 is 0 Å². The molecule has 4 heteroatoms. The summed E-state index contributed by atoms with van der Waals surface area (Å²) in [6.45, 7) is 0.646. The van der Waals surface area contributed by atoms with Crippen molar-refractivity contribution in [3.63, 3.8) is 0 Å². The van der Waals surface area contributed by atoms with Gasteiger partial charge in [0.1, 0.15) is 5.82 Å². The second kappa shape index (κ2) is 5.48. The van der Waals surface area contributed by atoms with Crippen molar-refractivity contribution >= 4 is 11.6 Å². The third kappa shape index (κ3) is 2.85. The van der Waals surface area contributed by atoms with Crippen molar-refractivity contribution in [2.24, 2.45) is 5.92 Å². The topological polar surface area (TPSA) is 22.1 Å². The van der Waals surface area contributed by atoms with E-state index in [4.69, 9.17) is 16.3 Å². The first-order valence-corrected chi connectivity index (χ1v) is 6.16. The Bertz CT molecular complexity index is 355. The Kier molecular flexibility index (Phi) is 3.99. The van der Waals surface area contributed by atoms with Crippen LogP contribution in [0.3, 0.4) is 0 Å². The summed E-state index contributed by atoms with van der Waals surface area (Å²) in [6, 6.07) is 1.37. The maximum Gasteiger partial charge on any atom is 0.217 e. The average molecular weight is 244 g/mol. The number of hydrogen-bond donors (Lipinski definition) is 0. The zero-order chi connectivity index (χ0) is 11.4. The first-order chi connectivity index (χ1) is 7.79. The third-order valence-electron chi connectivity index (χ3n) is 3.03. The van der Waals surface area contributed by atoms with Gasteiger partial charge < -0.3 is 4.74 Å². The van der Waals surface area contributed by atoms with Crippen molar-refractivity contribution in [3.05, 3.63) is 23.6 Å². The van der Waals surface area contributed by atoms with Gasteiger partial charge in [0, 0.05) is 5.56 Å². The molecule has 2 rings (SSSR count). The normalized spacial score (nSPS) is 15.9. The zero-order valence-electron chi connectivity index (χ0n) is 9.09. The molecule has 0 amide bonds. The van der Waals surface area contributed by atoms with Crippen LogP contribution < -0.4 is 4.74 Å². The molecule has 0 radical (unpaired) electrons. The van der Waals surface area contributed by atoms with E-state index < -0.39 is 0 Å². The molecule has 0 aliphatic heterocycles. The fraction of sp³-hybridized carbons (Fsp3) is 0.583. The highest BCUT2D eigenvalue weighted by atomic mass is 35.5. The highest BCUT2D eigenvalue weighted by Crippen LogP contribution is 2.29. The molecule has 0 saturated heterocycles. The summed E-state index contributed by atoms with van der Waals surface area (Å²) in [5, 5.41) is 0. The molecule has 1 heterocycles. The van der Waals surface area contributed by atoms with E-state index in [9.17, 15) is 4.39 Å². The second-order valence-corrected chi connectivity index (χ2v) is 4.45. The van der Waals surface area contributed by atoms with Crippen LogP contribution in [-0.4, -0.2) is 11.6 Å². The van der Waals surface area contributed by atoms with Crippen molar-refractivity contribution in [2.75, 3.05) is 6.61 Å². The van der Waals surface area contributed by atoms with Crippen LogP contribution >= 0.6 is 11.6 Å². The molecule has 0 aromatic carbocycles. The summed E-state index contributed by atoms with van der Waals surface area (Å²) in [6.07, 6.45) is 6.17. The predicted molar refractivity (Wildman–Crippen MR) is 61.2 cm³/mol. The fourth-order valence-corrected chi connectivity index (χ4v) is 1.99. The lowest BCUT2D eigenvalue weighted by molar-refractivity contribution is 0.216. The van der Waals surface area contributed by atoms with Gasteiger partial charge in [-0.25, -0.2) is 9.37 Å². The van der Waals surface area contributed by atoms with Gasteiger partial charge in [0.2, 0.25) is 5.88 Å². The molecule has 1 aliphatic carbocycles. The summed E-state index contributed by atoms with van der Waals surface area (Å²) in [5.41, 5.74) is 0.621. The van der Waals surface area contributed by atoms with E-state index in [2.05, 4.69) is 4.98 Å². The zero-order valence-corrected chi connectivity index (χ0v) is 9.84. The van der Waals surface area contributed by atoms with E-state index in [0.29, 0.717) is 18.1 Å². The standard InChI is InChI=1S/C12H15ClFNO/c13-7-10-6-11(14)8-15-12(10)16-5-4-9-2-1-3-9/h6,8-9H,1-5,7H2. The van der Waals surface area contributed by atoms with Crippen LogP contribution in [0.4, 0.5) is 4.39 Å². The Morgan fingerprint density at radius 2 is 2.31 bits per heavy atom. The van der Waals surface area contributed by atoms with Crippen LogP contribution in [0.1, 0.15) is 31.2 Å². The van der Waals surface area contributed by atoms with Crippen LogP contribution in [-0.2, 0) is 5.88 Å². The van der Waals surface area contributed by atoms with Gasteiger partial charge in [-0.15, -0.1) is 11.6 Å². The fourth-order valence-electron chi connectivity index (χ4n) is 1.80. The van der Waals surface area contributed by atoms with Crippen LogP contribution in [0.25, 0.3) is 0 Å². The molecular weight excluding hydrogens is 229 g/mol. The third-order valence-corrected chi connectivity index (χ3v) is 3.31. The number of aromatic nitrogens is 1. The monoisotopic (exact) mass is 243 g/mol. The number of hydrogen-bond acceptors (Lipinski definition) is 2. The molecule has 1 aromatic heterocycles. The lowest BCUT2D eigenvalue weighted by Gasteiger charge is -2.25. The molecule has 0 atom stereocenters. The molecule has 1 aromatic rings. The van der Waals surface area contributed by atoms with Crippen LogP contribution in [0.5, 0.6) is 5.88 Å². The Hall–Kier alpha value is -0.830. The van der Waals surface area contributed by atoms with Crippen molar-refractivity contribution in [1.29, 1.82) is 0 Å². The SMILES string of the molecule is Fc1cnc(OCCC2CCC2)c(CCl)c1. The second-order valence-electron chi connectivity index (χ2n) is 4.19. The van der Waals surface area contributed by atoms with Crippen molar-refractivity contribution in [3.8, 4) is 5.88 Å². The van der Waals surface area contributed by atoms with Crippen molar-refractivity contribution in [2.45, 2.75) is 31.6 Å². The summed E-state index contributed by atoms with van der Waals surface area (Å²) in [7, 11) is 0. The Balaban J connectivity index is 1.87. The number of alkyl halides is 1. The summed E-state index contributed by atoms with van der Waals surface area (Å²) in [5.74, 6) is 1.13. The van der Waals surface area contributed by atoms with Crippen LogP contribution in [0.2, 0.25) is 0 Å². The van der Waals surface area contributed by atoms with Crippen LogP contribution in [0, 0.1) is 11.7 Å². The molecule has 0 unspecified atom stereocenters. The molecule has 0 spiro atoms. The highest BCUT2D eigenvalue weighted by Gasteiger charge is 2.17. The van der Waals surface area contributed by atoms with Gasteiger partial charge in [-0.05, 0) is 18.4 Å². The molecule has 0 N–H and O–H groups in total. The molecular formula is C12H15ClFNO. The van der Waals surface area contributed by atoms with Crippen molar-refractivity contribution in [1.82, 2.24) is 4.98 Å². The molecule has 1 aliphatic rings. The van der Waals surface area contributed by atoms with Gasteiger partial charge in [-0.3, -0.25) is 0 Å². The highest BCUT2D eigenvalue weighted by molar-refractivity contribution is 6.17. The predicted octanol–water partition coefficient (Wildman–Crippen LogP) is 3.53. The summed E-state index contributed by atoms with van der Waals surface area (Å²) < 4.78 is 18.4. The lowest BCUT2D eigenvalue weighted by atomic mass is 9.83. The first kappa shape index (κ1) is 11.6. The van der Waals surface area contributed by atoms with Crippen molar-refractivity contribution < 1.29 is 9.13 Å². The van der Waals surface area contributed by atoms with E-state index in [0.717, 1.165) is 18.5 Å². The van der Waals surface area contributed by atoms with E-state index >= 15 is 0 Å². The average Bonchev–Trinajstić information content (AvgIpc) is 2.23. The maximum absolute atomic E-state index is 12.9. The Labute approximate surface area is 99.8 Å². The number of nitrogens with zero attached hydrogens (tertiary/aromatic N) is 1. The minimum absolute atomic E-state index is 0.226. The molecule has 2 nitrogen and oxygen atoms in total. The number of ether oxygens (including phenoxy) is 1. The quantitative estimate of drug-likeness (QED) is 0.738. The minimum atomic E-state index is -0.373. The molecule has 0 bridgehead atoms. The number of pyridine rings is 1. The van der Waals surface area contributed by atoms with Gasteiger partial charge in [-0.1, -0.05) is 19.3 Å². The van der Waals surface area contributed by atoms with Gasteiger partial charge in [0.25, 0.3) is 0 Å². The maximum atomic E-state index is 12.9. The van der Waals surface area contributed by atoms with E-state index in [1.807, 2.05) is 0 Å². The minimum Gasteiger partial charge on any atom is -0.477 e. The van der Waals surface area contributed by atoms with Gasteiger partial charge in [0.05, 0.1) is 18.7 Å². The van der Waals surface area contributed by atoms with E-state index in [-0.39, 0.29) is 11.7 Å². The summed E-state index contributed by atoms with van der Waals surface area (Å²) in [4.78, 5) is 3.91. The Morgan fingerprint density at radius 1 is 1.50 bits per heavy atom. The molecule has 1 saturated carbocycles. The molecule has 16 heavy (non-hydrogen) atoms. The van der Waals surface area contributed by atoms with Gasteiger partial charge in [-0.2, -0.15) is 0 Å². The summed E-state index contributed by atoms with van der Waals surface area (Å²) >= 11 is 5.70. The Morgan fingerprint density at radius 3 is 2.94 bits per heavy atom. The smallest absolute Gasteiger partial charge is 0.217 e. The largest absolute Gasteiger partial charge is 0.477 e. The van der Waals surface area contributed by atoms with Gasteiger partial charge in [0.15, 0.2) is 0 Å². The number of halogens is 2.